The smallest absolute Gasteiger partial charge is 0.295 e. The van der Waals surface area contributed by atoms with Gasteiger partial charge in [-0.15, -0.1) is 0 Å². The fourth-order valence-electron chi connectivity index (χ4n) is 4.85. The van der Waals surface area contributed by atoms with Gasteiger partial charge in [-0.25, -0.2) is 4.39 Å². The summed E-state index contributed by atoms with van der Waals surface area (Å²) in [4.78, 5) is 27.9. The van der Waals surface area contributed by atoms with Crippen LogP contribution in [0, 0.1) is 12.7 Å². The molecule has 4 rings (SSSR count). The Morgan fingerprint density at radius 3 is 2.50 bits per heavy atom. The molecule has 5 nitrogen and oxygen atoms in total. The van der Waals surface area contributed by atoms with Gasteiger partial charge < -0.3 is 14.7 Å². The molecule has 2 aromatic rings. The number of hydrogen-bond donors (Lipinski definition) is 1. The van der Waals surface area contributed by atoms with E-state index in [2.05, 4.69) is 0 Å². The molecule has 2 aliphatic rings. The van der Waals surface area contributed by atoms with Crippen molar-refractivity contribution in [1.82, 2.24) is 4.90 Å². The van der Waals surface area contributed by atoms with Crippen molar-refractivity contribution in [3.05, 3.63) is 69.5 Å². The predicted molar refractivity (Wildman–Crippen MR) is 120 cm³/mol. The summed E-state index contributed by atoms with van der Waals surface area (Å²) in [6.45, 7) is 1.79. The van der Waals surface area contributed by atoms with E-state index in [-0.39, 0.29) is 33.5 Å². The number of nitrogens with zero attached hydrogens (tertiary/aromatic N) is 1. The zero-order chi connectivity index (χ0) is 23.0. The number of benzene rings is 2. The molecule has 1 aliphatic carbocycles. The number of rotatable bonds is 4. The number of ether oxygens (including phenoxy) is 1. The number of Topliss-reactive ketones (excluding diaryl/α,β-unsaturated/α-hetero) is 1. The molecule has 7 heteroatoms. The summed E-state index contributed by atoms with van der Waals surface area (Å²) in [5, 5.41) is 11.6. The Kier molecular flexibility index (Phi) is 6.24. The van der Waals surface area contributed by atoms with E-state index in [1.807, 2.05) is 0 Å². The summed E-state index contributed by atoms with van der Waals surface area (Å²) in [7, 11) is 1.41. The number of amides is 1. The van der Waals surface area contributed by atoms with Crippen LogP contribution in [0.1, 0.15) is 54.8 Å². The normalized spacial score (nSPS) is 21.2. The minimum atomic E-state index is -1.02. The molecule has 0 radical (unpaired) electrons. The molecule has 0 bridgehead atoms. The van der Waals surface area contributed by atoms with Gasteiger partial charge >= 0.3 is 0 Å². The Labute approximate surface area is 191 Å². The van der Waals surface area contributed by atoms with Gasteiger partial charge in [0.1, 0.15) is 17.3 Å². The number of aryl methyl sites for hydroxylation is 1. The third kappa shape index (κ3) is 3.77. The summed E-state index contributed by atoms with van der Waals surface area (Å²) in [6.07, 6.45) is 4.39. The number of hydrogen-bond acceptors (Lipinski definition) is 4. The molecule has 1 saturated carbocycles. The van der Waals surface area contributed by atoms with Gasteiger partial charge in [0.05, 0.1) is 29.3 Å². The summed E-state index contributed by atoms with van der Waals surface area (Å²) in [5.74, 6) is -2.32. The van der Waals surface area contributed by atoms with Gasteiger partial charge in [-0.2, -0.15) is 0 Å². The van der Waals surface area contributed by atoms with Crippen LogP contribution in [0.3, 0.4) is 0 Å². The molecular formula is C25H25ClFNO4. The van der Waals surface area contributed by atoms with Gasteiger partial charge in [-0.05, 0) is 43.5 Å². The van der Waals surface area contributed by atoms with E-state index in [1.54, 1.807) is 37.3 Å². The molecule has 1 heterocycles. The van der Waals surface area contributed by atoms with Crippen molar-refractivity contribution in [2.45, 2.75) is 51.1 Å². The summed E-state index contributed by atoms with van der Waals surface area (Å²) in [5.41, 5.74) is 0.962. The van der Waals surface area contributed by atoms with Gasteiger partial charge in [0.2, 0.25) is 0 Å². The van der Waals surface area contributed by atoms with Crippen LogP contribution < -0.4 is 4.74 Å². The zero-order valence-corrected chi connectivity index (χ0v) is 18.8. The lowest BCUT2D eigenvalue weighted by Gasteiger charge is -2.35. The molecule has 0 aromatic heterocycles. The van der Waals surface area contributed by atoms with Crippen molar-refractivity contribution in [2.24, 2.45) is 0 Å². The Morgan fingerprint density at radius 2 is 1.84 bits per heavy atom. The number of likely N-dealkylation sites (tertiary alicyclic amines) is 1. The van der Waals surface area contributed by atoms with E-state index in [9.17, 15) is 19.1 Å². The van der Waals surface area contributed by atoms with Crippen LogP contribution in [-0.2, 0) is 9.59 Å². The van der Waals surface area contributed by atoms with Crippen LogP contribution in [0.4, 0.5) is 4.39 Å². The highest BCUT2D eigenvalue weighted by atomic mass is 35.5. The molecule has 2 fully saturated rings. The van der Waals surface area contributed by atoms with Gasteiger partial charge in [0.15, 0.2) is 0 Å². The van der Waals surface area contributed by atoms with Gasteiger partial charge in [-0.3, -0.25) is 9.59 Å². The maximum absolute atomic E-state index is 14.9. The van der Waals surface area contributed by atoms with Crippen molar-refractivity contribution >= 4 is 29.1 Å². The molecule has 1 N–H and O–H groups in total. The highest BCUT2D eigenvalue weighted by molar-refractivity contribution is 6.46. The van der Waals surface area contributed by atoms with Crippen molar-refractivity contribution < 1.29 is 23.8 Å². The van der Waals surface area contributed by atoms with Crippen molar-refractivity contribution in [1.29, 1.82) is 0 Å². The van der Waals surface area contributed by atoms with E-state index in [4.69, 9.17) is 16.3 Å². The van der Waals surface area contributed by atoms with Gasteiger partial charge in [-0.1, -0.05) is 49.1 Å². The molecule has 1 unspecified atom stereocenters. The second-order valence-corrected chi connectivity index (χ2v) is 8.75. The number of ketones is 1. The van der Waals surface area contributed by atoms with E-state index in [1.165, 1.54) is 18.1 Å². The van der Waals surface area contributed by atoms with E-state index >= 15 is 0 Å². The number of aliphatic hydroxyl groups excluding tert-OH is 1. The highest BCUT2D eigenvalue weighted by Gasteiger charge is 2.49. The molecule has 1 aliphatic heterocycles. The largest absolute Gasteiger partial charge is 0.507 e. The predicted octanol–water partition coefficient (Wildman–Crippen LogP) is 5.55. The quantitative estimate of drug-likeness (QED) is 0.371. The lowest BCUT2D eigenvalue weighted by atomic mass is 9.90. The zero-order valence-electron chi connectivity index (χ0n) is 18.0. The minimum Gasteiger partial charge on any atom is -0.507 e. The number of methoxy groups -OCH3 is 1. The monoisotopic (exact) mass is 457 g/mol. The minimum absolute atomic E-state index is 0.148. The Balaban J connectivity index is 1.96. The maximum Gasteiger partial charge on any atom is 0.295 e. The van der Waals surface area contributed by atoms with Crippen LogP contribution in [0.15, 0.2) is 42.0 Å². The lowest BCUT2D eigenvalue weighted by Crippen LogP contribution is -2.40. The fourth-order valence-corrected chi connectivity index (χ4v) is 5.20. The second-order valence-electron chi connectivity index (χ2n) is 8.35. The highest BCUT2D eigenvalue weighted by Crippen LogP contribution is 2.45. The van der Waals surface area contributed by atoms with Crippen LogP contribution in [0.2, 0.25) is 5.02 Å². The number of carbonyl (C=O) groups is 2. The van der Waals surface area contributed by atoms with Crippen LogP contribution in [0.5, 0.6) is 5.75 Å². The summed E-state index contributed by atoms with van der Waals surface area (Å²) >= 11 is 6.30. The van der Waals surface area contributed by atoms with E-state index in [0.717, 1.165) is 37.7 Å². The molecule has 2 aromatic carbocycles. The topological polar surface area (TPSA) is 66.8 Å². The molecule has 0 spiro atoms. The van der Waals surface area contributed by atoms with E-state index in [0.29, 0.717) is 0 Å². The SMILES string of the molecule is COc1c(Cl)cc(C)cc1/C(O)=C1\C(=O)C(=O)N(C2CCCCC2)C1c1ccccc1F. The van der Waals surface area contributed by atoms with Crippen LogP contribution >= 0.6 is 11.6 Å². The standard InChI is InChI=1S/C25H25ClFNO4/c1-14-12-17(24(32-2)18(26)13-14)22(29)20-21(16-10-6-7-11-19(16)27)28(25(31)23(20)30)15-8-4-3-5-9-15/h6-7,10-13,15,21,29H,3-5,8-9H2,1-2H3/b22-20+. The number of carbonyl (C=O) groups excluding carboxylic acids is 2. The molecule has 168 valence electrons. The molecule has 1 saturated heterocycles. The Hall–Kier alpha value is -2.86. The van der Waals surface area contributed by atoms with Crippen molar-refractivity contribution in [3.8, 4) is 5.75 Å². The van der Waals surface area contributed by atoms with Crippen molar-refractivity contribution in [2.75, 3.05) is 7.11 Å². The first-order valence-electron chi connectivity index (χ1n) is 10.7. The third-order valence-corrected chi connectivity index (χ3v) is 6.58. The van der Waals surface area contributed by atoms with Crippen molar-refractivity contribution in [3.63, 3.8) is 0 Å². The molecular weight excluding hydrogens is 433 g/mol. The molecule has 1 atom stereocenters. The lowest BCUT2D eigenvalue weighted by molar-refractivity contribution is -0.141. The fraction of sp³-hybridized carbons (Fsp3) is 0.360. The Bertz CT molecular complexity index is 1110. The van der Waals surface area contributed by atoms with Crippen LogP contribution in [-0.4, -0.2) is 34.8 Å². The van der Waals surface area contributed by atoms with Gasteiger partial charge in [0.25, 0.3) is 11.7 Å². The first-order valence-corrected chi connectivity index (χ1v) is 11.1. The molecule has 1 amide bonds. The number of halogens is 2. The number of aliphatic hydroxyl groups is 1. The average Bonchev–Trinajstić information content (AvgIpc) is 3.04. The van der Waals surface area contributed by atoms with Gasteiger partial charge in [0, 0.05) is 11.6 Å². The van der Waals surface area contributed by atoms with E-state index < -0.39 is 29.3 Å². The maximum atomic E-state index is 14.9. The first-order chi connectivity index (χ1) is 15.3. The average molecular weight is 458 g/mol. The summed E-state index contributed by atoms with van der Waals surface area (Å²) in [6, 6.07) is 8.13. The Morgan fingerprint density at radius 1 is 1.16 bits per heavy atom. The van der Waals surface area contributed by atoms with Crippen LogP contribution in [0.25, 0.3) is 5.76 Å². The third-order valence-electron chi connectivity index (χ3n) is 6.30. The second kappa shape index (κ2) is 8.94. The first kappa shape index (κ1) is 22.3. The summed E-state index contributed by atoms with van der Waals surface area (Å²) < 4.78 is 20.3. The molecule has 32 heavy (non-hydrogen) atoms.